The minimum Gasteiger partial charge on any atom is -0.341 e. The molecule has 0 radical (unpaired) electrons. The van der Waals surface area contributed by atoms with Gasteiger partial charge in [-0.15, -0.1) is 0 Å². The molecule has 1 fully saturated rings. The lowest BCUT2D eigenvalue weighted by Gasteiger charge is -2.24. The van der Waals surface area contributed by atoms with Crippen LogP contribution in [0.3, 0.4) is 0 Å². The minimum atomic E-state index is -0.167. The van der Waals surface area contributed by atoms with Crippen molar-refractivity contribution in [3.8, 4) is 0 Å². The summed E-state index contributed by atoms with van der Waals surface area (Å²) in [6, 6.07) is 3.87. The molecule has 0 N–H and O–H groups in total. The Morgan fingerprint density at radius 2 is 1.96 bits per heavy atom. The van der Waals surface area contributed by atoms with Gasteiger partial charge in [-0.2, -0.15) is 5.10 Å². The summed E-state index contributed by atoms with van der Waals surface area (Å²) in [5.41, 5.74) is 1.07. The van der Waals surface area contributed by atoms with Gasteiger partial charge in [0.15, 0.2) is 0 Å². The molecule has 3 rings (SSSR count). The zero-order valence-electron chi connectivity index (χ0n) is 15.7. The molecule has 1 unspecified atom stereocenters. The van der Waals surface area contributed by atoms with Crippen LogP contribution in [0.15, 0.2) is 37.2 Å². The number of amides is 2. The highest BCUT2D eigenvalue weighted by molar-refractivity contribution is 5.79. The van der Waals surface area contributed by atoms with Crippen LogP contribution in [-0.2, 0) is 22.6 Å². The number of hydrogen-bond acceptors (Lipinski definition) is 5. The van der Waals surface area contributed by atoms with E-state index in [1.54, 1.807) is 23.4 Å². The average Bonchev–Trinajstić information content (AvgIpc) is 3.07. The first-order chi connectivity index (χ1) is 13.1. The predicted octanol–water partition coefficient (Wildman–Crippen LogP) is 1.00. The topological polar surface area (TPSA) is 84.2 Å². The molecule has 1 aliphatic heterocycles. The summed E-state index contributed by atoms with van der Waals surface area (Å²) >= 11 is 0. The zero-order chi connectivity index (χ0) is 19.1. The van der Waals surface area contributed by atoms with E-state index in [2.05, 4.69) is 15.1 Å². The van der Waals surface area contributed by atoms with E-state index in [0.29, 0.717) is 45.6 Å². The number of hydrogen-bond donors (Lipinski definition) is 0. The molecule has 144 valence electrons. The maximum Gasteiger partial charge on any atom is 0.227 e. The molecule has 2 amide bonds. The van der Waals surface area contributed by atoms with Crippen LogP contribution in [0.4, 0.5) is 0 Å². The van der Waals surface area contributed by atoms with Gasteiger partial charge in [0, 0.05) is 45.0 Å². The van der Waals surface area contributed by atoms with Crippen LogP contribution >= 0.6 is 0 Å². The summed E-state index contributed by atoms with van der Waals surface area (Å²) < 4.78 is 1.68. The van der Waals surface area contributed by atoms with Gasteiger partial charge in [-0.1, -0.05) is 13.0 Å². The number of aromatic nitrogens is 4. The minimum absolute atomic E-state index is 0.107. The van der Waals surface area contributed by atoms with E-state index >= 15 is 0 Å². The van der Waals surface area contributed by atoms with Gasteiger partial charge < -0.3 is 9.80 Å². The normalized spacial score (nSPS) is 16.0. The summed E-state index contributed by atoms with van der Waals surface area (Å²) in [7, 11) is 0. The second-order valence-electron chi connectivity index (χ2n) is 6.94. The smallest absolute Gasteiger partial charge is 0.227 e. The molecule has 0 bridgehead atoms. The number of pyridine rings is 1. The first kappa shape index (κ1) is 19.0. The lowest BCUT2D eigenvalue weighted by Crippen LogP contribution is -2.40. The van der Waals surface area contributed by atoms with Crippen molar-refractivity contribution in [2.45, 2.75) is 32.7 Å². The molecule has 1 saturated heterocycles. The van der Waals surface area contributed by atoms with Crippen molar-refractivity contribution in [2.75, 3.05) is 26.2 Å². The first-order valence-electron chi connectivity index (χ1n) is 9.41. The van der Waals surface area contributed by atoms with Gasteiger partial charge in [-0.3, -0.25) is 19.3 Å². The number of carbonyl (C=O) groups excluding carboxylic acids is 2. The molecule has 0 spiro atoms. The SMILES string of the molecule is CC(Cn1cncn1)C(=O)N1CCCN(C(=O)CCc2cccnc2)CC1. The van der Waals surface area contributed by atoms with Crippen LogP contribution in [0.25, 0.3) is 0 Å². The molecule has 2 aromatic heterocycles. The number of rotatable bonds is 6. The fraction of sp³-hybridized carbons (Fsp3) is 0.526. The van der Waals surface area contributed by atoms with Gasteiger partial charge in [0.2, 0.25) is 11.8 Å². The second-order valence-corrected chi connectivity index (χ2v) is 6.94. The Morgan fingerprint density at radius 3 is 2.70 bits per heavy atom. The molecular weight excluding hydrogens is 344 g/mol. The molecule has 2 aromatic rings. The summed E-state index contributed by atoms with van der Waals surface area (Å²) in [5.74, 6) is 0.0820. The van der Waals surface area contributed by atoms with E-state index in [1.807, 2.05) is 28.9 Å². The van der Waals surface area contributed by atoms with Crippen LogP contribution in [0.5, 0.6) is 0 Å². The Hall–Kier alpha value is -2.77. The molecule has 0 aliphatic carbocycles. The quantitative estimate of drug-likeness (QED) is 0.757. The van der Waals surface area contributed by atoms with Crippen molar-refractivity contribution in [3.05, 3.63) is 42.7 Å². The maximum absolute atomic E-state index is 12.7. The standard InChI is InChI=1S/C19H26N6O2/c1-16(13-25-15-21-14-22-25)19(27)24-9-3-8-23(10-11-24)18(26)6-5-17-4-2-7-20-12-17/h2,4,7,12,14-16H,3,5-6,8-11,13H2,1H3. The maximum atomic E-state index is 12.7. The Kier molecular flexibility index (Phi) is 6.51. The van der Waals surface area contributed by atoms with Crippen molar-refractivity contribution in [1.29, 1.82) is 0 Å². The van der Waals surface area contributed by atoms with E-state index in [0.717, 1.165) is 12.0 Å². The van der Waals surface area contributed by atoms with Crippen LogP contribution in [0.1, 0.15) is 25.3 Å². The van der Waals surface area contributed by atoms with Crippen molar-refractivity contribution in [1.82, 2.24) is 29.5 Å². The first-order valence-corrected chi connectivity index (χ1v) is 9.41. The van der Waals surface area contributed by atoms with Gasteiger partial charge in [-0.05, 0) is 24.5 Å². The highest BCUT2D eigenvalue weighted by Crippen LogP contribution is 2.11. The Balaban J connectivity index is 1.47. The largest absolute Gasteiger partial charge is 0.341 e. The van der Waals surface area contributed by atoms with Gasteiger partial charge in [0.25, 0.3) is 0 Å². The Morgan fingerprint density at radius 1 is 1.15 bits per heavy atom. The molecule has 8 nitrogen and oxygen atoms in total. The van der Waals surface area contributed by atoms with Gasteiger partial charge in [0.05, 0.1) is 12.5 Å². The van der Waals surface area contributed by atoms with Crippen LogP contribution in [0, 0.1) is 5.92 Å². The van der Waals surface area contributed by atoms with E-state index in [9.17, 15) is 9.59 Å². The highest BCUT2D eigenvalue weighted by atomic mass is 16.2. The Bertz CT molecular complexity index is 734. The average molecular weight is 370 g/mol. The van der Waals surface area contributed by atoms with Gasteiger partial charge in [0.1, 0.15) is 12.7 Å². The molecule has 1 atom stereocenters. The third kappa shape index (κ3) is 5.35. The molecular formula is C19H26N6O2. The molecule has 27 heavy (non-hydrogen) atoms. The molecule has 3 heterocycles. The predicted molar refractivity (Wildman–Crippen MR) is 99.5 cm³/mol. The highest BCUT2D eigenvalue weighted by Gasteiger charge is 2.25. The van der Waals surface area contributed by atoms with Gasteiger partial charge >= 0.3 is 0 Å². The van der Waals surface area contributed by atoms with Crippen LogP contribution in [-0.4, -0.2) is 67.5 Å². The molecule has 0 aromatic carbocycles. The number of aryl methyl sites for hydroxylation is 1. The van der Waals surface area contributed by atoms with Crippen molar-refractivity contribution < 1.29 is 9.59 Å². The molecule has 1 aliphatic rings. The summed E-state index contributed by atoms with van der Waals surface area (Å²) in [5, 5.41) is 4.06. The summed E-state index contributed by atoms with van der Waals surface area (Å²) in [6.45, 7) is 4.99. The summed E-state index contributed by atoms with van der Waals surface area (Å²) in [4.78, 5) is 37.0. The van der Waals surface area contributed by atoms with Crippen LogP contribution < -0.4 is 0 Å². The third-order valence-corrected chi connectivity index (χ3v) is 4.86. The van der Waals surface area contributed by atoms with E-state index in [-0.39, 0.29) is 17.7 Å². The third-order valence-electron chi connectivity index (χ3n) is 4.86. The Labute approximate surface area is 159 Å². The van der Waals surface area contributed by atoms with Crippen molar-refractivity contribution >= 4 is 11.8 Å². The molecule has 8 heteroatoms. The number of carbonyl (C=O) groups is 2. The second kappa shape index (κ2) is 9.25. The van der Waals surface area contributed by atoms with E-state index in [4.69, 9.17) is 0 Å². The van der Waals surface area contributed by atoms with Crippen molar-refractivity contribution in [2.24, 2.45) is 5.92 Å². The van der Waals surface area contributed by atoms with Crippen molar-refractivity contribution in [3.63, 3.8) is 0 Å². The number of nitrogens with zero attached hydrogens (tertiary/aromatic N) is 6. The zero-order valence-corrected chi connectivity index (χ0v) is 15.7. The lowest BCUT2D eigenvalue weighted by atomic mass is 10.1. The van der Waals surface area contributed by atoms with Crippen LogP contribution in [0.2, 0.25) is 0 Å². The fourth-order valence-electron chi connectivity index (χ4n) is 3.34. The summed E-state index contributed by atoms with van der Waals surface area (Å²) in [6.07, 6.45) is 8.60. The van der Waals surface area contributed by atoms with Gasteiger partial charge in [-0.25, -0.2) is 4.98 Å². The fourth-order valence-corrected chi connectivity index (χ4v) is 3.34. The lowest BCUT2D eigenvalue weighted by molar-refractivity contribution is -0.136. The molecule has 0 saturated carbocycles. The van der Waals surface area contributed by atoms with E-state index < -0.39 is 0 Å². The monoisotopic (exact) mass is 370 g/mol. The van der Waals surface area contributed by atoms with E-state index in [1.165, 1.54) is 6.33 Å².